The van der Waals surface area contributed by atoms with Gasteiger partial charge in [-0.15, -0.1) is 0 Å². The van der Waals surface area contributed by atoms with E-state index < -0.39 is 11.0 Å². The molecule has 0 saturated heterocycles. The molecule has 0 aliphatic rings. The summed E-state index contributed by atoms with van der Waals surface area (Å²) in [7, 11) is 0. The first kappa shape index (κ1) is 14.5. The van der Waals surface area contributed by atoms with Crippen molar-refractivity contribution < 1.29 is 14.5 Å². The van der Waals surface area contributed by atoms with E-state index in [0.29, 0.717) is 5.69 Å². The number of carbonyl (C=O) groups is 1. The smallest absolute Gasteiger partial charge is 0.273 e. The Labute approximate surface area is 121 Å². The van der Waals surface area contributed by atoms with E-state index in [-0.39, 0.29) is 17.3 Å². The summed E-state index contributed by atoms with van der Waals surface area (Å²) in [6.45, 7) is 1.58. The zero-order valence-electron chi connectivity index (χ0n) is 11.4. The molecule has 1 amide bonds. The van der Waals surface area contributed by atoms with Crippen LogP contribution in [-0.4, -0.2) is 16.9 Å². The number of hydrogen-bond acceptors (Lipinski definition) is 4. The maximum absolute atomic E-state index is 12.0. The molecular weight excluding hydrogens is 272 g/mol. The Kier molecular flexibility index (Phi) is 4.50. The molecule has 0 heterocycles. The third-order valence-corrected chi connectivity index (χ3v) is 2.75. The van der Waals surface area contributed by atoms with Gasteiger partial charge in [-0.2, -0.15) is 0 Å². The van der Waals surface area contributed by atoms with Gasteiger partial charge in [-0.05, 0) is 25.1 Å². The summed E-state index contributed by atoms with van der Waals surface area (Å²) in [5, 5.41) is 13.4. The highest BCUT2D eigenvalue weighted by Gasteiger charge is 2.16. The first-order valence-corrected chi connectivity index (χ1v) is 6.33. The predicted octanol–water partition coefficient (Wildman–Crippen LogP) is 3.00. The number of nitro benzene ring substituents is 1. The van der Waals surface area contributed by atoms with Crippen LogP contribution >= 0.6 is 0 Å². The van der Waals surface area contributed by atoms with Gasteiger partial charge in [0.05, 0.1) is 11.0 Å². The van der Waals surface area contributed by atoms with Crippen molar-refractivity contribution in [1.29, 1.82) is 0 Å². The molecule has 0 spiro atoms. The SMILES string of the molecule is C[C@@H](Oc1cccc([N+](=O)[O-])c1)C(=O)Nc1ccccc1. The molecule has 0 aromatic heterocycles. The topological polar surface area (TPSA) is 81.5 Å². The fourth-order valence-corrected chi connectivity index (χ4v) is 1.69. The van der Waals surface area contributed by atoms with Crippen molar-refractivity contribution in [2.24, 2.45) is 0 Å². The second-order valence-corrected chi connectivity index (χ2v) is 4.37. The fourth-order valence-electron chi connectivity index (χ4n) is 1.69. The van der Waals surface area contributed by atoms with Gasteiger partial charge < -0.3 is 10.1 Å². The molecule has 0 fully saturated rings. The highest BCUT2D eigenvalue weighted by molar-refractivity contribution is 5.94. The number of para-hydroxylation sites is 1. The van der Waals surface area contributed by atoms with Crippen LogP contribution in [0.25, 0.3) is 0 Å². The molecule has 0 aliphatic heterocycles. The number of hydrogen-bond donors (Lipinski definition) is 1. The summed E-state index contributed by atoms with van der Waals surface area (Å²) in [4.78, 5) is 22.1. The van der Waals surface area contributed by atoms with Crippen molar-refractivity contribution in [3.63, 3.8) is 0 Å². The van der Waals surface area contributed by atoms with Gasteiger partial charge in [0.2, 0.25) is 0 Å². The zero-order valence-corrected chi connectivity index (χ0v) is 11.4. The van der Waals surface area contributed by atoms with Crippen LogP contribution in [0.2, 0.25) is 0 Å². The molecule has 0 bridgehead atoms. The van der Waals surface area contributed by atoms with E-state index in [4.69, 9.17) is 4.74 Å². The van der Waals surface area contributed by atoms with Gasteiger partial charge in [0.15, 0.2) is 6.10 Å². The molecule has 0 radical (unpaired) electrons. The van der Waals surface area contributed by atoms with Crippen LogP contribution in [0.4, 0.5) is 11.4 Å². The van der Waals surface area contributed by atoms with Gasteiger partial charge >= 0.3 is 0 Å². The Morgan fingerprint density at radius 2 is 1.90 bits per heavy atom. The first-order valence-electron chi connectivity index (χ1n) is 6.33. The zero-order chi connectivity index (χ0) is 15.2. The molecule has 2 rings (SSSR count). The summed E-state index contributed by atoms with van der Waals surface area (Å²) in [6.07, 6.45) is -0.771. The number of ether oxygens (including phenoxy) is 1. The average Bonchev–Trinajstić information content (AvgIpc) is 2.48. The van der Waals surface area contributed by atoms with Crippen LogP contribution in [0.15, 0.2) is 54.6 Å². The van der Waals surface area contributed by atoms with Crippen molar-refractivity contribution in [3.05, 3.63) is 64.7 Å². The third-order valence-electron chi connectivity index (χ3n) is 2.75. The third kappa shape index (κ3) is 4.04. The number of rotatable bonds is 5. The van der Waals surface area contributed by atoms with Gasteiger partial charge in [-0.25, -0.2) is 0 Å². The van der Waals surface area contributed by atoms with Gasteiger partial charge in [-0.1, -0.05) is 24.3 Å². The second kappa shape index (κ2) is 6.51. The highest BCUT2D eigenvalue weighted by Crippen LogP contribution is 2.20. The number of nitro groups is 1. The molecule has 1 atom stereocenters. The number of carbonyl (C=O) groups excluding carboxylic acids is 1. The molecule has 108 valence electrons. The van der Waals surface area contributed by atoms with Crippen molar-refractivity contribution in [1.82, 2.24) is 0 Å². The molecule has 2 aromatic carbocycles. The lowest BCUT2D eigenvalue weighted by molar-refractivity contribution is -0.384. The molecule has 6 heteroatoms. The van der Waals surface area contributed by atoms with E-state index in [1.165, 1.54) is 18.2 Å². The number of amides is 1. The van der Waals surface area contributed by atoms with E-state index in [1.807, 2.05) is 18.2 Å². The minimum absolute atomic E-state index is 0.0804. The second-order valence-electron chi connectivity index (χ2n) is 4.37. The van der Waals surface area contributed by atoms with Crippen LogP contribution in [0.5, 0.6) is 5.75 Å². The normalized spacial score (nSPS) is 11.5. The van der Waals surface area contributed by atoms with Gasteiger partial charge in [0.1, 0.15) is 5.75 Å². The molecular formula is C15H14N2O4. The molecule has 0 aliphatic carbocycles. The average molecular weight is 286 g/mol. The fraction of sp³-hybridized carbons (Fsp3) is 0.133. The number of nitrogens with zero attached hydrogens (tertiary/aromatic N) is 1. The van der Waals surface area contributed by atoms with Crippen LogP contribution in [-0.2, 0) is 4.79 Å². The largest absolute Gasteiger partial charge is 0.481 e. The number of benzene rings is 2. The molecule has 0 saturated carbocycles. The van der Waals surface area contributed by atoms with Crippen LogP contribution in [0, 0.1) is 10.1 Å². The summed E-state index contributed by atoms with van der Waals surface area (Å²) < 4.78 is 5.42. The number of anilines is 1. The number of nitrogens with one attached hydrogen (secondary N) is 1. The first-order chi connectivity index (χ1) is 10.1. The van der Waals surface area contributed by atoms with Gasteiger partial charge in [-0.3, -0.25) is 14.9 Å². The van der Waals surface area contributed by atoms with Crippen molar-refractivity contribution in [3.8, 4) is 5.75 Å². The molecule has 2 aromatic rings. The Bertz CT molecular complexity index is 643. The van der Waals surface area contributed by atoms with E-state index in [1.54, 1.807) is 25.1 Å². The Morgan fingerprint density at radius 3 is 2.57 bits per heavy atom. The molecule has 0 unspecified atom stereocenters. The van der Waals surface area contributed by atoms with E-state index in [0.717, 1.165) is 0 Å². The Morgan fingerprint density at radius 1 is 1.19 bits per heavy atom. The standard InChI is InChI=1S/C15H14N2O4/c1-11(15(18)16-12-6-3-2-4-7-12)21-14-9-5-8-13(10-14)17(19)20/h2-11H,1H3,(H,16,18)/t11-/m1/s1. The van der Waals surface area contributed by atoms with Crippen LogP contribution < -0.4 is 10.1 Å². The lowest BCUT2D eigenvalue weighted by atomic mass is 10.3. The number of non-ortho nitro benzene ring substituents is 1. The molecule has 21 heavy (non-hydrogen) atoms. The Balaban J connectivity index is 2.00. The highest BCUT2D eigenvalue weighted by atomic mass is 16.6. The van der Waals surface area contributed by atoms with E-state index >= 15 is 0 Å². The van der Waals surface area contributed by atoms with Crippen molar-refractivity contribution in [2.75, 3.05) is 5.32 Å². The quantitative estimate of drug-likeness (QED) is 0.676. The monoisotopic (exact) mass is 286 g/mol. The van der Waals surface area contributed by atoms with Gasteiger partial charge in [0.25, 0.3) is 11.6 Å². The maximum Gasteiger partial charge on any atom is 0.273 e. The van der Waals surface area contributed by atoms with E-state index in [2.05, 4.69) is 5.32 Å². The van der Waals surface area contributed by atoms with Crippen molar-refractivity contribution >= 4 is 17.3 Å². The summed E-state index contributed by atoms with van der Waals surface area (Å²) in [5.74, 6) is -0.0485. The predicted molar refractivity (Wildman–Crippen MR) is 78.3 cm³/mol. The van der Waals surface area contributed by atoms with Crippen molar-refractivity contribution in [2.45, 2.75) is 13.0 Å². The Hall–Kier alpha value is -2.89. The summed E-state index contributed by atoms with van der Waals surface area (Å²) >= 11 is 0. The van der Waals surface area contributed by atoms with Crippen LogP contribution in [0.1, 0.15) is 6.92 Å². The summed E-state index contributed by atoms with van der Waals surface area (Å²) in [5.41, 5.74) is 0.583. The lowest BCUT2D eigenvalue weighted by Gasteiger charge is -2.14. The van der Waals surface area contributed by atoms with Crippen LogP contribution in [0.3, 0.4) is 0 Å². The van der Waals surface area contributed by atoms with Gasteiger partial charge in [0, 0.05) is 11.8 Å². The minimum Gasteiger partial charge on any atom is -0.481 e. The maximum atomic E-state index is 12.0. The lowest BCUT2D eigenvalue weighted by Crippen LogP contribution is -2.30. The minimum atomic E-state index is -0.771. The molecule has 6 nitrogen and oxygen atoms in total. The molecule has 1 N–H and O–H groups in total. The van der Waals surface area contributed by atoms with E-state index in [9.17, 15) is 14.9 Å². The summed E-state index contributed by atoms with van der Waals surface area (Å²) in [6, 6.07) is 14.7.